The third kappa shape index (κ3) is 3.89. The number of fused-ring (bicyclic) bond motifs is 1. The highest BCUT2D eigenvalue weighted by atomic mass is 35.5. The van der Waals surface area contributed by atoms with E-state index in [9.17, 15) is 24.3 Å². The number of ketones is 1. The summed E-state index contributed by atoms with van der Waals surface area (Å²) in [7, 11) is 0. The number of carbonyl (C=O) groups is 4. The number of hydrogen-bond acceptors (Lipinski definition) is 9. The number of carboxylic acids is 1. The number of nitrogens with one attached hydrogen (secondary N) is 1. The van der Waals surface area contributed by atoms with Crippen LogP contribution in [0.4, 0.5) is 5.13 Å². The first-order valence-corrected chi connectivity index (χ1v) is 11.1. The lowest BCUT2D eigenvalue weighted by atomic mass is 10.0. The summed E-state index contributed by atoms with van der Waals surface area (Å²) in [6.45, 7) is 0.271. The smallest absolute Gasteiger partial charge is 0.294 e. The van der Waals surface area contributed by atoms with Crippen LogP contribution < -0.4 is 20.7 Å². The van der Waals surface area contributed by atoms with Crippen molar-refractivity contribution in [3.8, 4) is 0 Å². The zero-order valence-corrected chi connectivity index (χ0v) is 18.0. The number of amides is 2. The Morgan fingerprint density at radius 3 is 2.65 bits per heavy atom. The molecule has 31 heavy (non-hydrogen) atoms. The van der Waals surface area contributed by atoms with Crippen molar-refractivity contribution in [1.29, 1.82) is 0 Å². The number of aromatic nitrogens is 2. The first kappa shape index (κ1) is 21.3. The monoisotopic (exact) mass is 479 g/mol. The van der Waals surface area contributed by atoms with Gasteiger partial charge in [-0.2, -0.15) is 0 Å². The Morgan fingerprint density at radius 2 is 2.03 bits per heavy atom. The topological polar surface area (TPSA) is 149 Å². The molecule has 10 nitrogen and oxygen atoms in total. The normalized spacial score (nSPS) is 20.2. The lowest BCUT2D eigenvalue weighted by Gasteiger charge is -2.50. The second kappa shape index (κ2) is 8.29. The van der Waals surface area contributed by atoms with Crippen LogP contribution in [0, 0.1) is 0 Å². The van der Waals surface area contributed by atoms with Crippen LogP contribution in [0.15, 0.2) is 41.9 Å². The zero-order valence-electron chi connectivity index (χ0n) is 15.6. The molecule has 13 heteroatoms. The van der Waals surface area contributed by atoms with Crippen molar-refractivity contribution in [3.05, 3.63) is 51.9 Å². The highest BCUT2D eigenvalue weighted by Gasteiger charge is 2.53. The molecule has 0 bridgehead atoms. The van der Waals surface area contributed by atoms with E-state index in [0.29, 0.717) is 11.3 Å². The predicted molar refractivity (Wildman–Crippen MR) is 110 cm³/mol. The zero-order chi connectivity index (χ0) is 22.3. The van der Waals surface area contributed by atoms with Gasteiger partial charge in [0.2, 0.25) is 0 Å². The Hall–Kier alpha value is -2.96. The van der Waals surface area contributed by atoms with Crippen molar-refractivity contribution in [2.24, 2.45) is 0 Å². The third-order valence-electron chi connectivity index (χ3n) is 4.70. The molecule has 4 heterocycles. The van der Waals surface area contributed by atoms with Gasteiger partial charge in [0.1, 0.15) is 21.4 Å². The molecule has 2 aliphatic heterocycles. The van der Waals surface area contributed by atoms with E-state index in [1.165, 1.54) is 11.8 Å². The fourth-order valence-electron chi connectivity index (χ4n) is 3.32. The number of thioether (sulfide) groups is 1. The Labute approximate surface area is 188 Å². The predicted octanol–water partition coefficient (Wildman–Crippen LogP) is -1.05. The number of anilines is 1. The molecule has 2 aromatic heterocycles. The minimum absolute atomic E-state index is 0.0300. The summed E-state index contributed by atoms with van der Waals surface area (Å²) in [6, 6.07) is 4.38. The summed E-state index contributed by atoms with van der Waals surface area (Å²) in [5, 5.41) is 13.5. The van der Waals surface area contributed by atoms with E-state index in [0.717, 1.165) is 16.2 Å². The molecule has 2 atom stereocenters. The van der Waals surface area contributed by atoms with Crippen molar-refractivity contribution in [3.63, 3.8) is 0 Å². The van der Waals surface area contributed by atoms with Crippen molar-refractivity contribution in [1.82, 2.24) is 15.2 Å². The Kier molecular flexibility index (Phi) is 5.69. The number of nitrogen functional groups attached to an aromatic ring is 1. The van der Waals surface area contributed by atoms with Crippen LogP contribution in [-0.2, 0) is 20.9 Å². The summed E-state index contributed by atoms with van der Waals surface area (Å²) in [4.78, 5) is 53.9. The second-order valence-corrected chi connectivity index (χ2v) is 9.39. The fourth-order valence-corrected chi connectivity index (χ4v) is 5.58. The van der Waals surface area contributed by atoms with Gasteiger partial charge in [-0.25, -0.2) is 9.55 Å². The molecule has 0 aromatic carbocycles. The summed E-state index contributed by atoms with van der Waals surface area (Å²) in [5.41, 5.74) is 5.49. The summed E-state index contributed by atoms with van der Waals surface area (Å²) < 4.78 is 1.75. The van der Waals surface area contributed by atoms with Gasteiger partial charge in [-0.3, -0.25) is 19.3 Å². The van der Waals surface area contributed by atoms with Crippen molar-refractivity contribution >= 4 is 63.4 Å². The molecule has 0 unspecified atom stereocenters. The molecule has 160 valence electrons. The van der Waals surface area contributed by atoms with Crippen LogP contribution in [-0.4, -0.2) is 50.6 Å². The van der Waals surface area contributed by atoms with Gasteiger partial charge in [-0.1, -0.05) is 29.0 Å². The van der Waals surface area contributed by atoms with Crippen LogP contribution >= 0.6 is 34.7 Å². The van der Waals surface area contributed by atoms with E-state index in [4.69, 9.17) is 17.3 Å². The number of carboxylic acid groups (broad SMARTS) is 1. The Bertz CT molecular complexity index is 1140. The van der Waals surface area contributed by atoms with Gasteiger partial charge in [0.25, 0.3) is 17.6 Å². The molecular formula is C18H14ClN5O5S2. The van der Waals surface area contributed by atoms with E-state index in [1.807, 2.05) is 6.07 Å². The average Bonchev–Trinajstić information content (AvgIpc) is 3.09. The number of β-lactam (4-membered cyclic amide) rings is 1. The largest absolute Gasteiger partial charge is 0.543 e. The van der Waals surface area contributed by atoms with Gasteiger partial charge < -0.3 is 21.0 Å². The Balaban J connectivity index is 1.51. The number of nitrogens with zero attached hydrogens (tertiary/aromatic N) is 3. The number of aliphatic carboxylic acids is 1. The van der Waals surface area contributed by atoms with E-state index in [-0.39, 0.29) is 27.4 Å². The first-order chi connectivity index (χ1) is 14.8. The molecule has 4 rings (SSSR count). The lowest BCUT2D eigenvalue weighted by molar-refractivity contribution is -0.689. The van der Waals surface area contributed by atoms with Gasteiger partial charge in [0.05, 0.1) is 11.7 Å². The molecule has 2 aliphatic rings. The van der Waals surface area contributed by atoms with Gasteiger partial charge in [0.15, 0.2) is 24.1 Å². The average molecular weight is 480 g/mol. The fraction of sp³-hybridized carbons (Fsp3) is 0.222. The number of pyridine rings is 1. The number of rotatable bonds is 6. The molecule has 0 saturated carbocycles. The number of carbonyl (C=O) groups excluding carboxylic acids is 4. The van der Waals surface area contributed by atoms with Gasteiger partial charge in [-0.15, -0.1) is 11.8 Å². The minimum Gasteiger partial charge on any atom is -0.543 e. The maximum absolute atomic E-state index is 12.7. The molecule has 2 amide bonds. The van der Waals surface area contributed by atoms with Crippen molar-refractivity contribution in [2.75, 3.05) is 11.5 Å². The van der Waals surface area contributed by atoms with Crippen molar-refractivity contribution < 1.29 is 28.9 Å². The molecule has 2 aromatic rings. The highest BCUT2D eigenvalue weighted by Crippen LogP contribution is 2.40. The molecule has 1 saturated heterocycles. The van der Waals surface area contributed by atoms with Crippen LogP contribution in [0.25, 0.3) is 0 Å². The minimum atomic E-state index is -1.48. The second-order valence-electron chi connectivity index (χ2n) is 6.65. The van der Waals surface area contributed by atoms with Crippen LogP contribution in [0.5, 0.6) is 0 Å². The van der Waals surface area contributed by atoms with Crippen molar-refractivity contribution in [2.45, 2.75) is 18.0 Å². The van der Waals surface area contributed by atoms with E-state index in [2.05, 4.69) is 10.3 Å². The number of hydrogen-bond donors (Lipinski definition) is 2. The number of thiazole rings is 1. The molecule has 0 radical (unpaired) electrons. The molecule has 3 N–H and O–H groups in total. The van der Waals surface area contributed by atoms with Gasteiger partial charge in [-0.05, 0) is 0 Å². The third-order valence-corrected chi connectivity index (χ3v) is 7.12. The number of halogens is 1. The highest BCUT2D eigenvalue weighted by molar-refractivity contribution is 8.00. The van der Waals surface area contributed by atoms with Crippen LogP contribution in [0.3, 0.4) is 0 Å². The maximum atomic E-state index is 12.7. The Morgan fingerprint density at radius 1 is 1.32 bits per heavy atom. The molecular weight excluding hydrogens is 466 g/mol. The maximum Gasteiger partial charge on any atom is 0.294 e. The number of nitrogens with two attached hydrogens (primary N) is 1. The van der Waals surface area contributed by atoms with E-state index >= 15 is 0 Å². The molecule has 0 aliphatic carbocycles. The molecule has 1 fully saturated rings. The summed E-state index contributed by atoms with van der Waals surface area (Å²) >= 11 is 8.00. The number of Topliss-reactive ketones (excluding diaryl/α,β-unsaturated/α-hetero) is 1. The van der Waals surface area contributed by atoms with Gasteiger partial charge >= 0.3 is 0 Å². The standard InChI is InChI=1S/C18H14ClN5O5S2/c19-13-9(22-18(20)31-13)12(25)14(26)21-10-15(27)24-11(17(28)29)8(7-30-16(10)24)6-23-4-2-1-3-5-23/h1-5,10,16H,6-7H2,(H3-,20,21,22,26,28,29)/t10-,16-/m1/s1. The quantitative estimate of drug-likeness (QED) is 0.231. The van der Waals surface area contributed by atoms with E-state index in [1.54, 1.807) is 29.1 Å². The summed E-state index contributed by atoms with van der Waals surface area (Å²) in [5.74, 6) is -3.90. The molecule has 0 spiro atoms. The van der Waals surface area contributed by atoms with Crippen LogP contribution in [0.2, 0.25) is 4.34 Å². The van der Waals surface area contributed by atoms with E-state index < -0.39 is 35.0 Å². The van der Waals surface area contributed by atoms with Gasteiger partial charge in [0, 0.05) is 23.5 Å². The first-order valence-electron chi connectivity index (χ1n) is 8.87. The summed E-state index contributed by atoms with van der Waals surface area (Å²) in [6.07, 6.45) is 3.55. The SMILES string of the molecule is Nc1nc(C(=O)C(=O)N[C@@H]2C(=O)N3C(C(=O)[O-])=C(C[n+]4ccccc4)CS[C@H]23)c(Cl)s1. The lowest BCUT2D eigenvalue weighted by Crippen LogP contribution is -2.71. The van der Waals surface area contributed by atoms with Crippen LogP contribution in [0.1, 0.15) is 10.5 Å².